The van der Waals surface area contributed by atoms with E-state index in [1.807, 2.05) is 18.3 Å². The molecule has 1 aromatic carbocycles. The molecule has 2 aromatic rings. The highest BCUT2D eigenvalue weighted by Crippen LogP contribution is 2.19. The first-order valence-corrected chi connectivity index (χ1v) is 7.49. The third kappa shape index (κ3) is 4.89. The number of carbonyl (C=O) groups excluding carboxylic acids is 1. The summed E-state index contributed by atoms with van der Waals surface area (Å²) in [5.41, 5.74) is 1.75. The number of hydrogen-bond acceptors (Lipinski definition) is 3. The molecule has 0 radical (unpaired) electrons. The van der Waals surface area contributed by atoms with E-state index in [9.17, 15) is 4.79 Å². The van der Waals surface area contributed by atoms with E-state index in [0.29, 0.717) is 28.8 Å². The summed E-state index contributed by atoms with van der Waals surface area (Å²) in [6.45, 7) is 1.01. The van der Waals surface area contributed by atoms with E-state index in [-0.39, 0.29) is 6.03 Å². The van der Waals surface area contributed by atoms with Gasteiger partial charge in [-0.1, -0.05) is 28.4 Å². The van der Waals surface area contributed by atoms with E-state index in [1.54, 1.807) is 24.8 Å². The molecule has 8 heteroatoms. The molecule has 0 aliphatic carbocycles. The Bertz CT molecular complexity index is 636. The van der Waals surface area contributed by atoms with Gasteiger partial charge in [-0.05, 0) is 30.2 Å². The van der Waals surface area contributed by atoms with Gasteiger partial charge in [-0.15, -0.1) is 5.10 Å². The van der Waals surface area contributed by atoms with Gasteiger partial charge < -0.3 is 10.2 Å². The number of carbonyl (C=O) groups is 1. The standard InChI is InChI=1S/C14H17Cl2N5O/c1-20(2)14(22)17-8-13-9-21(19-18-13)4-3-10-5-11(15)7-12(16)6-10/h5-7,9H,3-4,8H2,1-2H3,(H,17,22). The highest BCUT2D eigenvalue weighted by atomic mass is 35.5. The normalized spacial score (nSPS) is 10.5. The van der Waals surface area contributed by atoms with Crippen LogP contribution in [0.25, 0.3) is 0 Å². The molecule has 0 spiro atoms. The van der Waals surface area contributed by atoms with Crippen molar-refractivity contribution in [3.8, 4) is 0 Å². The molecular formula is C14H17Cl2N5O. The zero-order chi connectivity index (χ0) is 16.1. The lowest BCUT2D eigenvalue weighted by atomic mass is 10.1. The summed E-state index contributed by atoms with van der Waals surface area (Å²) < 4.78 is 1.73. The molecule has 6 nitrogen and oxygen atoms in total. The maximum atomic E-state index is 11.4. The average molecular weight is 342 g/mol. The lowest BCUT2D eigenvalue weighted by molar-refractivity contribution is 0.217. The summed E-state index contributed by atoms with van der Waals surface area (Å²) in [5, 5.41) is 12.0. The van der Waals surface area contributed by atoms with Crippen LogP contribution in [0.2, 0.25) is 10.0 Å². The van der Waals surface area contributed by atoms with Crippen LogP contribution >= 0.6 is 23.2 Å². The van der Waals surface area contributed by atoms with E-state index in [2.05, 4.69) is 15.6 Å². The fourth-order valence-corrected chi connectivity index (χ4v) is 2.42. The number of halogens is 2. The Balaban J connectivity index is 1.88. The van der Waals surface area contributed by atoms with Crippen molar-refractivity contribution in [3.05, 3.63) is 45.7 Å². The lowest BCUT2D eigenvalue weighted by Crippen LogP contribution is -2.34. The summed E-state index contributed by atoms with van der Waals surface area (Å²) in [6, 6.07) is 5.29. The highest BCUT2D eigenvalue weighted by molar-refractivity contribution is 6.34. The SMILES string of the molecule is CN(C)C(=O)NCc1cn(CCc2cc(Cl)cc(Cl)c2)nn1. The Hall–Kier alpha value is -1.79. The summed E-state index contributed by atoms with van der Waals surface area (Å²) in [5.74, 6) is 0. The van der Waals surface area contributed by atoms with Gasteiger partial charge in [-0.2, -0.15) is 0 Å². The van der Waals surface area contributed by atoms with Crippen LogP contribution in [0, 0.1) is 0 Å². The minimum absolute atomic E-state index is 0.164. The van der Waals surface area contributed by atoms with Crippen molar-refractivity contribution in [2.75, 3.05) is 14.1 Å². The van der Waals surface area contributed by atoms with E-state index >= 15 is 0 Å². The lowest BCUT2D eigenvalue weighted by Gasteiger charge is -2.10. The Morgan fingerprint density at radius 1 is 1.27 bits per heavy atom. The van der Waals surface area contributed by atoms with Crippen molar-refractivity contribution < 1.29 is 4.79 Å². The molecule has 0 aliphatic rings. The summed E-state index contributed by atoms with van der Waals surface area (Å²) in [4.78, 5) is 12.9. The van der Waals surface area contributed by atoms with Crippen molar-refractivity contribution >= 4 is 29.2 Å². The zero-order valence-electron chi connectivity index (χ0n) is 12.4. The number of rotatable bonds is 5. The largest absolute Gasteiger partial charge is 0.332 e. The number of hydrogen-bond donors (Lipinski definition) is 1. The Kier molecular flexibility index (Phi) is 5.63. The molecule has 0 unspecified atom stereocenters. The smallest absolute Gasteiger partial charge is 0.317 e. The van der Waals surface area contributed by atoms with Crippen LogP contribution in [0.3, 0.4) is 0 Å². The minimum atomic E-state index is -0.164. The molecule has 0 fully saturated rings. The number of nitrogens with zero attached hydrogens (tertiary/aromatic N) is 4. The molecule has 0 aliphatic heterocycles. The van der Waals surface area contributed by atoms with Crippen molar-refractivity contribution in [3.63, 3.8) is 0 Å². The molecule has 0 bridgehead atoms. The molecule has 118 valence electrons. The van der Waals surface area contributed by atoms with Crippen molar-refractivity contribution in [1.29, 1.82) is 0 Å². The maximum absolute atomic E-state index is 11.4. The molecule has 2 amide bonds. The fraction of sp³-hybridized carbons (Fsp3) is 0.357. The van der Waals surface area contributed by atoms with Crippen LogP contribution in [0.4, 0.5) is 4.79 Å². The first-order valence-electron chi connectivity index (χ1n) is 6.73. The number of urea groups is 1. The first kappa shape index (κ1) is 16.6. The van der Waals surface area contributed by atoms with Gasteiger partial charge in [0.1, 0.15) is 5.69 Å². The molecule has 22 heavy (non-hydrogen) atoms. The van der Waals surface area contributed by atoms with Crippen LogP contribution in [0.1, 0.15) is 11.3 Å². The fourth-order valence-electron chi connectivity index (χ4n) is 1.85. The van der Waals surface area contributed by atoms with Gasteiger partial charge in [-0.25, -0.2) is 4.79 Å². The number of benzene rings is 1. The second-order valence-corrected chi connectivity index (χ2v) is 5.93. The van der Waals surface area contributed by atoms with Gasteiger partial charge in [0.15, 0.2) is 0 Å². The highest BCUT2D eigenvalue weighted by Gasteiger charge is 2.06. The third-order valence-corrected chi connectivity index (χ3v) is 3.40. The van der Waals surface area contributed by atoms with Crippen LogP contribution in [0.5, 0.6) is 0 Å². The number of amides is 2. The van der Waals surface area contributed by atoms with Crippen LogP contribution < -0.4 is 5.32 Å². The molecule has 0 saturated carbocycles. The third-order valence-electron chi connectivity index (χ3n) is 2.96. The molecule has 1 N–H and O–H groups in total. The Morgan fingerprint density at radius 2 is 1.95 bits per heavy atom. The molecule has 0 saturated heterocycles. The van der Waals surface area contributed by atoms with E-state index in [4.69, 9.17) is 23.2 Å². The Labute approximate surface area is 139 Å². The quantitative estimate of drug-likeness (QED) is 0.909. The molecule has 0 atom stereocenters. The van der Waals surface area contributed by atoms with Crippen molar-refractivity contribution in [2.45, 2.75) is 19.5 Å². The van der Waals surface area contributed by atoms with Crippen molar-refractivity contribution in [1.82, 2.24) is 25.2 Å². The van der Waals surface area contributed by atoms with E-state index in [1.165, 1.54) is 4.90 Å². The second kappa shape index (κ2) is 7.47. The van der Waals surface area contributed by atoms with Gasteiger partial charge in [0.2, 0.25) is 0 Å². The Morgan fingerprint density at radius 3 is 2.59 bits per heavy atom. The number of aromatic nitrogens is 3. The first-order chi connectivity index (χ1) is 10.4. The maximum Gasteiger partial charge on any atom is 0.317 e. The molecule has 2 rings (SSSR count). The predicted molar refractivity (Wildman–Crippen MR) is 86.1 cm³/mol. The van der Waals surface area contributed by atoms with Gasteiger partial charge in [0.05, 0.1) is 12.7 Å². The van der Waals surface area contributed by atoms with Crippen molar-refractivity contribution in [2.24, 2.45) is 0 Å². The van der Waals surface area contributed by atoms with Crippen LogP contribution in [-0.2, 0) is 19.5 Å². The number of nitrogens with one attached hydrogen (secondary N) is 1. The van der Waals surface area contributed by atoms with E-state index in [0.717, 1.165) is 12.0 Å². The number of aryl methyl sites for hydroxylation is 2. The van der Waals surface area contributed by atoms with Gasteiger partial charge in [0, 0.05) is 30.7 Å². The predicted octanol–water partition coefficient (Wildman–Crippen LogP) is 2.60. The molecule has 1 aromatic heterocycles. The molecular weight excluding hydrogens is 325 g/mol. The summed E-state index contributed by atoms with van der Waals surface area (Å²) >= 11 is 11.9. The van der Waals surface area contributed by atoms with Crippen LogP contribution in [0.15, 0.2) is 24.4 Å². The minimum Gasteiger partial charge on any atom is -0.332 e. The van der Waals surface area contributed by atoms with Crippen LogP contribution in [-0.4, -0.2) is 40.0 Å². The zero-order valence-corrected chi connectivity index (χ0v) is 13.9. The van der Waals surface area contributed by atoms with Gasteiger partial charge in [-0.3, -0.25) is 4.68 Å². The second-order valence-electron chi connectivity index (χ2n) is 5.05. The van der Waals surface area contributed by atoms with Gasteiger partial charge in [0.25, 0.3) is 0 Å². The monoisotopic (exact) mass is 341 g/mol. The van der Waals surface area contributed by atoms with E-state index < -0.39 is 0 Å². The topological polar surface area (TPSA) is 63.1 Å². The van der Waals surface area contributed by atoms with Gasteiger partial charge >= 0.3 is 6.03 Å². The molecule has 1 heterocycles. The summed E-state index contributed by atoms with van der Waals surface area (Å²) in [6.07, 6.45) is 2.55. The summed E-state index contributed by atoms with van der Waals surface area (Å²) in [7, 11) is 3.37. The average Bonchev–Trinajstić information content (AvgIpc) is 2.89.